The molecule has 0 saturated carbocycles. The highest BCUT2D eigenvalue weighted by Gasteiger charge is 2.15. The third kappa shape index (κ3) is 2.07. The molecule has 0 radical (unpaired) electrons. The van der Waals surface area contributed by atoms with Crippen LogP contribution in [0.1, 0.15) is 18.9 Å². The second kappa shape index (κ2) is 4.06. The van der Waals surface area contributed by atoms with E-state index in [0.29, 0.717) is 17.0 Å². The fourth-order valence-corrected chi connectivity index (χ4v) is 1.81. The number of amides is 1. The van der Waals surface area contributed by atoms with Crippen molar-refractivity contribution in [2.45, 2.75) is 19.6 Å². The van der Waals surface area contributed by atoms with Gasteiger partial charge in [-0.15, -0.1) is 0 Å². The maximum absolute atomic E-state index is 11.0. The monoisotopic (exact) mass is 234 g/mol. The molecule has 1 aromatic carbocycles. The second-order valence-electron chi connectivity index (χ2n) is 3.95. The summed E-state index contributed by atoms with van der Waals surface area (Å²) in [7, 11) is 0. The molecule has 0 bridgehead atoms. The number of nitrogen functional groups attached to an aromatic ring is 1. The molecule has 0 saturated heterocycles. The highest BCUT2D eigenvalue weighted by atomic mass is 16.3. The average molecular weight is 234 g/mol. The molecule has 90 valence electrons. The number of benzene rings is 1. The van der Waals surface area contributed by atoms with Crippen molar-refractivity contribution >= 4 is 22.6 Å². The number of fused-ring (bicyclic) bond motifs is 1. The number of aliphatic hydroxyl groups is 1. The zero-order valence-electron chi connectivity index (χ0n) is 9.42. The highest BCUT2D eigenvalue weighted by Crippen LogP contribution is 2.22. The number of imidazole rings is 1. The van der Waals surface area contributed by atoms with Gasteiger partial charge in [-0.2, -0.15) is 0 Å². The van der Waals surface area contributed by atoms with Crippen molar-refractivity contribution in [3.63, 3.8) is 0 Å². The van der Waals surface area contributed by atoms with Crippen LogP contribution in [-0.2, 0) is 11.3 Å². The Bertz CT molecular complexity index is 574. The molecule has 0 fully saturated rings. The molecular formula is C11H14N4O2. The number of primary amides is 1. The second-order valence-corrected chi connectivity index (χ2v) is 3.95. The van der Waals surface area contributed by atoms with Gasteiger partial charge in [0, 0.05) is 5.69 Å². The molecule has 17 heavy (non-hydrogen) atoms. The first-order chi connectivity index (χ1) is 7.99. The summed E-state index contributed by atoms with van der Waals surface area (Å²) in [6, 6.07) is 5.17. The molecule has 1 aromatic heterocycles. The number of carbonyl (C=O) groups is 1. The van der Waals surface area contributed by atoms with Gasteiger partial charge in [-0.05, 0) is 25.1 Å². The van der Waals surface area contributed by atoms with Crippen LogP contribution >= 0.6 is 0 Å². The molecule has 0 aliphatic rings. The Hall–Kier alpha value is -2.08. The van der Waals surface area contributed by atoms with Gasteiger partial charge in [-0.3, -0.25) is 4.79 Å². The molecular weight excluding hydrogens is 220 g/mol. The fourth-order valence-electron chi connectivity index (χ4n) is 1.81. The van der Waals surface area contributed by atoms with Crippen LogP contribution in [0.5, 0.6) is 0 Å². The van der Waals surface area contributed by atoms with Crippen molar-refractivity contribution < 1.29 is 9.90 Å². The minimum Gasteiger partial charge on any atom is -0.399 e. The number of hydrogen-bond donors (Lipinski definition) is 3. The van der Waals surface area contributed by atoms with Gasteiger partial charge in [-0.1, -0.05) is 0 Å². The average Bonchev–Trinajstić information content (AvgIpc) is 2.55. The Morgan fingerprint density at radius 2 is 2.29 bits per heavy atom. The van der Waals surface area contributed by atoms with Crippen molar-refractivity contribution in [1.82, 2.24) is 9.55 Å². The summed E-state index contributed by atoms with van der Waals surface area (Å²) in [5, 5.41) is 9.62. The summed E-state index contributed by atoms with van der Waals surface area (Å²) in [4.78, 5) is 15.3. The van der Waals surface area contributed by atoms with E-state index in [-0.39, 0.29) is 6.54 Å². The van der Waals surface area contributed by atoms with E-state index in [1.54, 1.807) is 29.7 Å². The van der Waals surface area contributed by atoms with Crippen LogP contribution in [0.25, 0.3) is 11.0 Å². The first-order valence-corrected chi connectivity index (χ1v) is 5.21. The predicted octanol–water partition coefficient (Wildman–Crippen LogP) is 0.157. The lowest BCUT2D eigenvalue weighted by Gasteiger charge is -2.08. The van der Waals surface area contributed by atoms with Crippen LogP contribution in [0.3, 0.4) is 0 Å². The van der Waals surface area contributed by atoms with Crippen LogP contribution in [0, 0.1) is 0 Å². The molecule has 1 amide bonds. The number of aromatic nitrogens is 2. The number of nitrogens with zero attached hydrogens (tertiary/aromatic N) is 2. The van der Waals surface area contributed by atoms with Crippen LogP contribution in [0.4, 0.5) is 5.69 Å². The smallest absolute Gasteiger partial charge is 0.237 e. The summed E-state index contributed by atoms with van der Waals surface area (Å²) in [6.07, 6.45) is -0.775. The molecule has 6 nitrogen and oxygen atoms in total. The number of nitrogens with two attached hydrogens (primary N) is 2. The van der Waals surface area contributed by atoms with Crippen molar-refractivity contribution in [3.8, 4) is 0 Å². The van der Waals surface area contributed by atoms with E-state index >= 15 is 0 Å². The van der Waals surface area contributed by atoms with Crippen LogP contribution in [-0.4, -0.2) is 20.6 Å². The van der Waals surface area contributed by atoms with Crippen LogP contribution in [0.15, 0.2) is 18.2 Å². The summed E-state index contributed by atoms with van der Waals surface area (Å²) >= 11 is 0. The molecule has 2 rings (SSSR count). The maximum atomic E-state index is 11.0. The molecule has 5 N–H and O–H groups in total. The van der Waals surface area contributed by atoms with Crippen LogP contribution in [0.2, 0.25) is 0 Å². The zero-order valence-corrected chi connectivity index (χ0v) is 9.42. The van der Waals surface area contributed by atoms with Crippen LogP contribution < -0.4 is 11.5 Å². The number of anilines is 1. The van der Waals surface area contributed by atoms with Gasteiger partial charge in [0.15, 0.2) is 0 Å². The molecule has 1 heterocycles. The normalized spacial score (nSPS) is 12.8. The van der Waals surface area contributed by atoms with E-state index in [4.69, 9.17) is 11.5 Å². The highest BCUT2D eigenvalue weighted by molar-refractivity contribution is 5.82. The molecule has 0 spiro atoms. The SMILES string of the molecule is CC(O)c1nc2cc(N)ccc2n1CC(N)=O. The lowest BCUT2D eigenvalue weighted by molar-refractivity contribution is -0.118. The summed E-state index contributed by atoms with van der Waals surface area (Å²) in [6.45, 7) is 1.57. The molecule has 0 aliphatic carbocycles. The van der Waals surface area contributed by atoms with Crippen molar-refractivity contribution in [3.05, 3.63) is 24.0 Å². The lowest BCUT2D eigenvalue weighted by atomic mass is 10.3. The van der Waals surface area contributed by atoms with Gasteiger partial charge in [-0.25, -0.2) is 4.98 Å². The Morgan fingerprint density at radius 3 is 2.88 bits per heavy atom. The first kappa shape index (κ1) is 11.4. The molecule has 1 unspecified atom stereocenters. The minimum atomic E-state index is -0.775. The lowest BCUT2D eigenvalue weighted by Crippen LogP contribution is -2.20. The topological polar surface area (TPSA) is 107 Å². The fraction of sp³-hybridized carbons (Fsp3) is 0.273. The molecule has 6 heteroatoms. The Balaban J connectivity index is 2.66. The van der Waals surface area contributed by atoms with Crippen molar-refractivity contribution in [2.24, 2.45) is 5.73 Å². The van der Waals surface area contributed by atoms with Gasteiger partial charge in [0.05, 0.1) is 11.0 Å². The molecule has 0 aliphatic heterocycles. The molecule has 2 aromatic rings. The number of hydrogen-bond acceptors (Lipinski definition) is 4. The van der Waals surface area contributed by atoms with Crippen molar-refractivity contribution in [1.29, 1.82) is 0 Å². The third-order valence-corrected chi connectivity index (χ3v) is 2.49. The van der Waals surface area contributed by atoms with Gasteiger partial charge in [0.25, 0.3) is 0 Å². The van der Waals surface area contributed by atoms with E-state index in [1.165, 1.54) is 0 Å². The van der Waals surface area contributed by atoms with Crippen molar-refractivity contribution in [2.75, 3.05) is 5.73 Å². The van der Waals surface area contributed by atoms with E-state index in [2.05, 4.69) is 4.98 Å². The van der Waals surface area contributed by atoms with E-state index in [0.717, 1.165) is 5.52 Å². The third-order valence-electron chi connectivity index (χ3n) is 2.49. The van der Waals surface area contributed by atoms with E-state index in [1.807, 2.05) is 0 Å². The standard InChI is InChI=1S/C11H14N4O2/c1-6(16)11-14-8-4-7(12)2-3-9(8)15(11)5-10(13)17/h2-4,6,16H,5,12H2,1H3,(H2,13,17). The summed E-state index contributed by atoms with van der Waals surface area (Å²) < 4.78 is 1.60. The minimum absolute atomic E-state index is 0.0132. The van der Waals surface area contributed by atoms with Gasteiger partial charge < -0.3 is 21.1 Å². The quantitative estimate of drug-likeness (QED) is 0.657. The maximum Gasteiger partial charge on any atom is 0.237 e. The first-order valence-electron chi connectivity index (χ1n) is 5.21. The Kier molecular flexibility index (Phi) is 2.72. The van der Waals surface area contributed by atoms with E-state index in [9.17, 15) is 9.90 Å². The van der Waals surface area contributed by atoms with Gasteiger partial charge in [0.2, 0.25) is 5.91 Å². The Labute approximate surface area is 97.8 Å². The zero-order chi connectivity index (χ0) is 12.6. The molecule has 1 atom stereocenters. The predicted molar refractivity (Wildman–Crippen MR) is 64.0 cm³/mol. The van der Waals surface area contributed by atoms with E-state index < -0.39 is 12.0 Å². The Morgan fingerprint density at radius 1 is 1.59 bits per heavy atom. The number of carbonyl (C=O) groups excluding carboxylic acids is 1. The van der Waals surface area contributed by atoms with Gasteiger partial charge in [0.1, 0.15) is 18.5 Å². The summed E-state index contributed by atoms with van der Waals surface area (Å²) in [5.74, 6) is -0.0765. The van der Waals surface area contributed by atoms with Gasteiger partial charge >= 0.3 is 0 Å². The number of rotatable bonds is 3. The largest absolute Gasteiger partial charge is 0.399 e. The number of aliphatic hydroxyl groups excluding tert-OH is 1. The summed E-state index contributed by atoms with van der Waals surface area (Å²) in [5.41, 5.74) is 12.8.